The lowest BCUT2D eigenvalue weighted by molar-refractivity contribution is -0.143. The highest BCUT2D eigenvalue weighted by atomic mass is 19.3. The molecular formula is C19H19F2NO4. The predicted molar refractivity (Wildman–Crippen MR) is 91.2 cm³/mol. The van der Waals surface area contributed by atoms with Gasteiger partial charge in [-0.3, -0.25) is 9.59 Å². The lowest BCUT2D eigenvalue weighted by atomic mass is 9.82. The average Bonchev–Trinajstić information content (AvgIpc) is 2.61. The molecule has 0 aliphatic rings. The number of carboxylic acids is 1. The molecule has 0 fully saturated rings. The zero-order valence-corrected chi connectivity index (χ0v) is 14.1. The van der Waals surface area contributed by atoms with Crippen molar-refractivity contribution in [3.8, 4) is 5.75 Å². The molecule has 2 aromatic carbocycles. The first-order valence-corrected chi connectivity index (χ1v) is 7.91. The second-order valence-electron chi connectivity index (χ2n) is 5.94. The maximum absolute atomic E-state index is 12.4. The third-order valence-electron chi connectivity index (χ3n) is 4.06. The fourth-order valence-corrected chi connectivity index (χ4v) is 2.48. The molecule has 0 radical (unpaired) electrons. The van der Waals surface area contributed by atoms with Gasteiger partial charge in [0.2, 0.25) is 5.91 Å². The topological polar surface area (TPSA) is 75.6 Å². The van der Waals surface area contributed by atoms with Crippen LogP contribution in [0.25, 0.3) is 0 Å². The number of halogens is 2. The van der Waals surface area contributed by atoms with Crippen molar-refractivity contribution in [2.24, 2.45) is 0 Å². The van der Waals surface area contributed by atoms with E-state index in [9.17, 15) is 23.5 Å². The Morgan fingerprint density at radius 1 is 1.12 bits per heavy atom. The molecule has 0 heterocycles. The van der Waals surface area contributed by atoms with Crippen molar-refractivity contribution < 1.29 is 28.2 Å². The average molecular weight is 363 g/mol. The minimum Gasteiger partial charge on any atom is -0.481 e. The summed E-state index contributed by atoms with van der Waals surface area (Å²) in [5.74, 6) is -1.65. The lowest BCUT2D eigenvalue weighted by Crippen LogP contribution is -2.44. The molecule has 1 amide bonds. The van der Waals surface area contributed by atoms with E-state index in [4.69, 9.17) is 0 Å². The predicted octanol–water partition coefficient (Wildman–Crippen LogP) is 2.99. The van der Waals surface area contributed by atoms with Crippen molar-refractivity contribution in [3.05, 3.63) is 65.7 Å². The maximum atomic E-state index is 12.4. The minimum atomic E-state index is -2.99. The molecule has 138 valence electrons. The van der Waals surface area contributed by atoms with Gasteiger partial charge in [0.25, 0.3) is 0 Å². The molecule has 1 atom stereocenters. The quantitative estimate of drug-likeness (QED) is 0.756. The monoisotopic (exact) mass is 363 g/mol. The summed E-state index contributed by atoms with van der Waals surface area (Å²) in [4.78, 5) is 23.9. The van der Waals surface area contributed by atoms with Crippen molar-refractivity contribution in [2.45, 2.75) is 25.4 Å². The van der Waals surface area contributed by atoms with Gasteiger partial charge >= 0.3 is 12.6 Å². The highest BCUT2D eigenvalue weighted by molar-refractivity contribution is 5.84. The number of ether oxygens (including phenoxy) is 1. The normalized spacial score (nSPS) is 13.1. The molecule has 0 aromatic heterocycles. The van der Waals surface area contributed by atoms with Gasteiger partial charge in [-0.1, -0.05) is 48.5 Å². The number of carboxylic acid groups (broad SMARTS) is 1. The summed E-state index contributed by atoms with van der Waals surface area (Å²) in [5, 5.41) is 12.1. The van der Waals surface area contributed by atoms with Crippen LogP contribution >= 0.6 is 0 Å². The second kappa shape index (κ2) is 8.42. The Morgan fingerprint density at radius 2 is 1.73 bits per heavy atom. The zero-order chi connectivity index (χ0) is 19.2. The number of para-hydroxylation sites is 1. The van der Waals surface area contributed by atoms with E-state index in [0.717, 1.165) is 0 Å². The fraction of sp³-hybridized carbons (Fsp3) is 0.263. The van der Waals surface area contributed by atoms with Crippen molar-refractivity contribution in [1.29, 1.82) is 0 Å². The van der Waals surface area contributed by atoms with Crippen molar-refractivity contribution in [3.63, 3.8) is 0 Å². The third-order valence-corrected chi connectivity index (χ3v) is 4.06. The Morgan fingerprint density at radius 3 is 2.35 bits per heavy atom. The number of amides is 1. The van der Waals surface area contributed by atoms with Crippen LogP contribution in [-0.4, -0.2) is 30.1 Å². The van der Waals surface area contributed by atoms with Crippen LogP contribution in [-0.2, 0) is 21.4 Å². The number of carbonyl (C=O) groups excluding carboxylic acids is 1. The van der Waals surface area contributed by atoms with E-state index in [1.165, 1.54) is 25.1 Å². The number of hydrogen-bond donors (Lipinski definition) is 2. The summed E-state index contributed by atoms with van der Waals surface area (Å²) in [5.41, 5.74) is -0.466. The summed E-state index contributed by atoms with van der Waals surface area (Å²) in [6.07, 6.45) is -0.201. The standard InChI is InChI=1S/C19H19F2NO4/c1-19(17(24)25,14-8-3-2-4-9-14)12-22-16(23)11-13-7-5-6-10-15(13)26-18(20)21/h2-10,18H,11-12H2,1H3,(H,22,23)(H,24,25). The number of nitrogens with one attached hydrogen (secondary N) is 1. The molecule has 0 spiro atoms. The van der Waals surface area contributed by atoms with E-state index in [2.05, 4.69) is 10.1 Å². The molecule has 2 N–H and O–H groups in total. The molecule has 26 heavy (non-hydrogen) atoms. The summed E-state index contributed by atoms with van der Waals surface area (Å²) in [7, 11) is 0. The van der Waals surface area contributed by atoms with E-state index in [0.29, 0.717) is 11.1 Å². The van der Waals surface area contributed by atoms with Gasteiger partial charge in [0.1, 0.15) is 11.2 Å². The lowest BCUT2D eigenvalue weighted by Gasteiger charge is -2.25. The Kier molecular flexibility index (Phi) is 6.27. The Hall–Kier alpha value is -2.96. The molecule has 0 saturated carbocycles. The van der Waals surface area contributed by atoms with Gasteiger partial charge in [0.15, 0.2) is 0 Å². The first kappa shape index (κ1) is 19.4. The smallest absolute Gasteiger partial charge is 0.387 e. The Balaban J connectivity index is 2.07. The van der Waals surface area contributed by atoms with Crippen molar-refractivity contribution >= 4 is 11.9 Å². The molecule has 0 aliphatic heterocycles. The van der Waals surface area contributed by atoms with Crippen molar-refractivity contribution in [2.75, 3.05) is 6.54 Å². The highest BCUT2D eigenvalue weighted by Gasteiger charge is 2.35. The van der Waals surface area contributed by atoms with E-state index >= 15 is 0 Å². The molecule has 0 aliphatic carbocycles. The number of benzene rings is 2. The van der Waals surface area contributed by atoms with Crippen LogP contribution in [0.3, 0.4) is 0 Å². The Labute approximate surface area is 149 Å². The van der Waals surface area contributed by atoms with E-state index in [-0.39, 0.29) is 18.7 Å². The van der Waals surface area contributed by atoms with Crippen LogP contribution in [0.2, 0.25) is 0 Å². The van der Waals surface area contributed by atoms with Gasteiger partial charge in [-0.2, -0.15) is 8.78 Å². The molecule has 5 nitrogen and oxygen atoms in total. The summed E-state index contributed by atoms with van der Waals surface area (Å²) in [6.45, 7) is -1.62. The Bertz CT molecular complexity index is 767. The van der Waals surface area contributed by atoms with Gasteiger partial charge in [-0.25, -0.2) is 0 Å². The number of hydrogen-bond acceptors (Lipinski definition) is 3. The molecule has 2 aromatic rings. The first-order chi connectivity index (χ1) is 12.3. The van der Waals surface area contributed by atoms with E-state index in [1.54, 1.807) is 36.4 Å². The largest absolute Gasteiger partial charge is 0.481 e. The van der Waals surface area contributed by atoms with E-state index in [1.807, 2.05) is 0 Å². The second-order valence-corrected chi connectivity index (χ2v) is 5.94. The van der Waals surface area contributed by atoms with Gasteiger partial charge in [-0.15, -0.1) is 0 Å². The number of rotatable bonds is 8. The fourth-order valence-electron chi connectivity index (χ4n) is 2.48. The first-order valence-electron chi connectivity index (χ1n) is 7.91. The van der Waals surface area contributed by atoms with Crippen LogP contribution in [0.1, 0.15) is 18.1 Å². The summed E-state index contributed by atoms with van der Waals surface area (Å²) >= 11 is 0. The SMILES string of the molecule is CC(CNC(=O)Cc1ccccc1OC(F)F)(C(=O)O)c1ccccc1. The summed E-state index contributed by atoms with van der Waals surface area (Å²) < 4.78 is 29.3. The van der Waals surface area contributed by atoms with E-state index < -0.39 is 23.9 Å². The van der Waals surface area contributed by atoms with Gasteiger partial charge in [-0.05, 0) is 18.6 Å². The van der Waals surface area contributed by atoms with Crippen LogP contribution in [0.4, 0.5) is 8.78 Å². The molecule has 7 heteroatoms. The molecule has 1 unspecified atom stereocenters. The molecular weight excluding hydrogens is 344 g/mol. The van der Waals surface area contributed by atoms with Gasteiger partial charge in [0.05, 0.1) is 6.42 Å². The molecule has 2 rings (SSSR count). The number of alkyl halides is 2. The molecule has 0 saturated heterocycles. The molecule has 0 bridgehead atoms. The van der Waals surface area contributed by atoms with Crippen molar-refractivity contribution in [1.82, 2.24) is 5.32 Å². The van der Waals surface area contributed by atoms with Crippen LogP contribution in [0.15, 0.2) is 54.6 Å². The summed E-state index contributed by atoms with van der Waals surface area (Å²) in [6, 6.07) is 14.5. The third kappa shape index (κ3) is 4.78. The maximum Gasteiger partial charge on any atom is 0.387 e. The van der Waals surface area contributed by atoms with Gasteiger partial charge in [0, 0.05) is 12.1 Å². The number of aliphatic carboxylic acids is 1. The van der Waals surface area contributed by atoms with Crippen LogP contribution in [0.5, 0.6) is 5.75 Å². The zero-order valence-electron chi connectivity index (χ0n) is 14.1. The minimum absolute atomic E-state index is 0.0818. The van der Waals surface area contributed by atoms with Gasteiger partial charge < -0.3 is 15.2 Å². The number of carbonyl (C=O) groups is 2. The van der Waals surface area contributed by atoms with Crippen LogP contribution in [0, 0.1) is 0 Å². The highest BCUT2D eigenvalue weighted by Crippen LogP contribution is 2.24. The van der Waals surface area contributed by atoms with Crippen LogP contribution < -0.4 is 10.1 Å².